The summed E-state index contributed by atoms with van der Waals surface area (Å²) in [5.74, 6) is 0.600. The first-order valence-corrected chi connectivity index (χ1v) is 8.80. The summed E-state index contributed by atoms with van der Waals surface area (Å²) in [6.45, 7) is 0. The first kappa shape index (κ1) is 16.7. The van der Waals surface area contributed by atoms with Crippen molar-refractivity contribution in [2.45, 2.75) is 0 Å². The van der Waals surface area contributed by atoms with E-state index in [4.69, 9.17) is 4.98 Å². The van der Waals surface area contributed by atoms with Crippen molar-refractivity contribution in [3.63, 3.8) is 0 Å². The molecule has 0 atom stereocenters. The molecule has 0 fully saturated rings. The zero-order valence-electron chi connectivity index (χ0n) is 14.7. The van der Waals surface area contributed by atoms with E-state index < -0.39 is 0 Å². The second-order valence-corrected chi connectivity index (χ2v) is 6.09. The molecule has 27 heavy (non-hydrogen) atoms. The van der Waals surface area contributed by atoms with Gasteiger partial charge in [0, 0.05) is 0 Å². The van der Waals surface area contributed by atoms with Gasteiger partial charge in [0.25, 0.3) is 5.56 Å². The van der Waals surface area contributed by atoms with Crippen molar-refractivity contribution in [1.29, 1.82) is 0 Å². The minimum atomic E-state index is -0.0708. The third kappa shape index (κ3) is 3.62. The van der Waals surface area contributed by atoms with Gasteiger partial charge in [0.2, 0.25) is 0 Å². The van der Waals surface area contributed by atoms with Gasteiger partial charge in [0.05, 0.1) is 16.6 Å². The van der Waals surface area contributed by atoms with Gasteiger partial charge < -0.3 is 0 Å². The maximum Gasteiger partial charge on any atom is 0.266 e. The van der Waals surface area contributed by atoms with Gasteiger partial charge in [0.15, 0.2) is 0 Å². The van der Waals surface area contributed by atoms with Crippen LogP contribution in [-0.2, 0) is 0 Å². The highest BCUT2D eigenvalue weighted by Crippen LogP contribution is 2.14. The van der Waals surface area contributed by atoms with Crippen LogP contribution in [0.25, 0.3) is 28.7 Å². The van der Waals surface area contributed by atoms with Gasteiger partial charge in [-0.3, -0.25) is 9.36 Å². The Labute approximate surface area is 157 Å². The predicted molar refractivity (Wildman–Crippen MR) is 112 cm³/mol. The molecule has 0 aliphatic carbocycles. The first-order chi connectivity index (χ1) is 13.3. The molecule has 4 aromatic rings. The Morgan fingerprint density at radius 3 is 2.11 bits per heavy atom. The van der Waals surface area contributed by atoms with Gasteiger partial charge in [-0.25, -0.2) is 4.98 Å². The number of benzene rings is 3. The fourth-order valence-electron chi connectivity index (χ4n) is 2.96. The Bertz CT molecular complexity index is 1170. The highest BCUT2D eigenvalue weighted by molar-refractivity contribution is 5.79. The summed E-state index contributed by atoms with van der Waals surface area (Å²) in [6.07, 6.45) is 7.73. The van der Waals surface area contributed by atoms with E-state index in [2.05, 4.69) is 0 Å². The van der Waals surface area contributed by atoms with Crippen molar-refractivity contribution in [3.05, 3.63) is 119 Å². The second-order valence-electron chi connectivity index (χ2n) is 6.09. The molecule has 3 aromatic carbocycles. The van der Waals surface area contributed by atoms with E-state index in [1.165, 1.54) is 0 Å². The largest absolute Gasteiger partial charge is 0.268 e. The summed E-state index contributed by atoms with van der Waals surface area (Å²) in [5.41, 5.74) is 2.54. The van der Waals surface area contributed by atoms with E-state index in [0.29, 0.717) is 16.7 Å². The third-order valence-electron chi connectivity index (χ3n) is 4.26. The van der Waals surface area contributed by atoms with Crippen LogP contribution in [0.1, 0.15) is 11.4 Å². The molecule has 0 aliphatic rings. The number of hydrogen-bond donors (Lipinski definition) is 0. The normalized spacial score (nSPS) is 11.6. The Kier molecular flexibility index (Phi) is 4.75. The summed E-state index contributed by atoms with van der Waals surface area (Å²) in [6, 6.07) is 27.1. The molecule has 0 unspecified atom stereocenters. The number of allylic oxidation sites excluding steroid dienone is 2. The lowest BCUT2D eigenvalue weighted by molar-refractivity contribution is 0.943. The number of aromatic nitrogens is 2. The molecule has 0 radical (unpaired) electrons. The quantitative estimate of drug-likeness (QED) is 0.479. The van der Waals surface area contributed by atoms with Crippen molar-refractivity contribution >= 4 is 23.1 Å². The van der Waals surface area contributed by atoms with Crippen LogP contribution >= 0.6 is 0 Å². The molecule has 3 heteroatoms. The SMILES string of the molecule is O=c1c2ccccc2nc(/C=C/C=C/c2ccccc2)n1-c1ccccc1. The van der Waals surface area contributed by atoms with E-state index in [1.54, 1.807) is 4.57 Å². The van der Waals surface area contributed by atoms with Crippen LogP contribution in [0.2, 0.25) is 0 Å². The summed E-state index contributed by atoms with van der Waals surface area (Å²) in [4.78, 5) is 17.8. The van der Waals surface area contributed by atoms with Crippen molar-refractivity contribution in [2.75, 3.05) is 0 Å². The van der Waals surface area contributed by atoms with Gasteiger partial charge >= 0.3 is 0 Å². The Balaban J connectivity index is 1.80. The van der Waals surface area contributed by atoms with Crippen LogP contribution in [-0.4, -0.2) is 9.55 Å². The maximum absolute atomic E-state index is 13.1. The zero-order chi connectivity index (χ0) is 18.5. The number of nitrogens with zero attached hydrogens (tertiary/aromatic N) is 2. The minimum Gasteiger partial charge on any atom is -0.268 e. The molecule has 0 aliphatic heterocycles. The molecule has 0 amide bonds. The fourth-order valence-corrected chi connectivity index (χ4v) is 2.96. The lowest BCUT2D eigenvalue weighted by atomic mass is 10.2. The smallest absolute Gasteiger partial charge is 0.266 e. The van der Waals surface area contributed by atoms with Crippen LogP contribution in [0.5, 0.6) is 0 Å². The van der Waals surface area contributed by atoms with Crippen molar-refractivity contribution in [2.24, 2.45) is 0 Å². The van der Waals surface area contributed by atoms with Crippen LogP contribution in [0, 0.1) is 0 Å². The van der Waals surface area contributed by atoms with Crippen molar-refractivity contribution in [1.82, 2.24) is 9.55 Å². The highest BCUT2D eigenvalue weighted by Gasteiger charge is 2.10. The lowest BCUT2D eigenvalue weighted by Gasteiger charge is -2.11. The molecule has 0 saturated heterocycles. The van der Waals surface area contributed by atoms with Crippen LogP contribution in [0.15, 0.2) is 102 Å². The summed E-state index contributed by atoms with van der Waals surface area (Å²) in [5, 5.41) is 0.610. The average molecular weight is 350 g/mol. The molecule has 130 valence electrons. The third-order valence-corrected chi connectivity index (χ3v) is 4.26. The Morgan fingerprint density at radius 1 is 0.704 bits per heavy atom. The molecule has 1 heterocycles. The van der Waals surface area contributed by atoms with E-state index in [0.717, 1.165) is 11.3 Å². The number of para-hydroxylation sites is 2. The molecule has 3 nitrogen and oxygen atoms in total. The molecule has 0 bridgehead atoms. The van der Waals surface area contributed by atoms with Crippen LogP contribution in [0.3, 0.4) is 0 Å². The van der Waals surface area contributed by atoms with Crippen molar-refractivity contribution in [3.8, 4) is 5.69 Å². The van der Waals surface area contributed by atoms with Gasteiger partial charge in [-0.05, 0) is 35.9 Å². The van der Waals surface area contributed by atoms with E-state index in [1.807, 2.05) is 109 Å². The number of fused-ring (bicyclic) bond motifs is 1. The van der Waals surface area contributed by atoms with Crippen LogP contribution in [0.4, 0.5) is 0 Å². The zero-order valence-corrected chi connectivity index (χ0v) is 14.7. The van der Waals surface area contributed by atoms with Gasteiger partial charge in [-0.1, -0.05) is 78.9 Å². The second kappa shape index (κ2) is 7.67. The van der Waals surface area contributed by atoms with E-state index in [-0.39, 0.29) is 5.56 Å². The molecule has 4 rings (SSSR count). The molecular weight excluding hydrogens is 332 g/mol. The monoisotopic (exact) mass is 350 g/mol. The van der Waals surface area contributed by atoms with Gasteiger partial charge in [0.1, 0.15) is 5.82 Å². The molecule has 1 aromatic heterocycles. The Hall–Kier alpha value is -3.72. The average Bonchev–Trinajstić information content (AvgIpc) is 2.73. The fraction of sp³-hybridized carbons (Fsp3) is 0. The predicted octanol–water partition coefficient (Wildman–Crippen LogP) is 5.11. The topological polar surface area (TPSA) is 34.9 Å². The maximum atomic E-state index is 13.1. The molecular formula is C24H18N2O. The van der Waals surface area contributed by atoms with E-state index in [9.17, 15) is 4.79 Å². The molecule has 0 spiro atoms. The van der Waals surface area contributed by atoms with Crippen LogP contribution < -0.4 is 5.56 Å². The highest BCUT2D eigenvalue weighted by atomic mass is 16.1. The molecule has 0 saturated carbocycles. The summed E-state index contributed by atoms with van der Waals surface area (Å²) in [7, 11) is 0. The lowest BCUT2D eigenvalue weighted by Crippen LogP contribution is -2.22. The standard InChI is InChI=1S/C24H18N2O/c27-24-21-16-8-9-17-22(21)25-23(26(24)20-14-5-2-6-15-20)18-10-7-13-19-11-3-1-4-12-19/h1-18H/b13-7+,18-10+. The summed E-state index contributed by atoms with van der Waals surface area (Å²) >= 11 is 0. The van der Waals surface area contributed by atoms with Crippen molar-refractivity contribution < 1.29 is 0 Å². The van der Waals surface area contributed by atoms with E-state index >= 15 is 0 Å². The minimum absolute atomic E-state index is 0.0708. The van der Waals surface area contributed by atoms with Gasteiger partial charge in [-0.2, -0.15) is 0 Å². The number of hydrogen-bond acceptors (Lipinski definition) is 2. The Morgan fingerprint density at radius 2 is 1.33 bits per heavy atom. The first-order valence-electron chi connectivity index (χ1n) is 8.80. The van der Waals surface area contributed by atoms with Gasteiger partial charge in [-0.15, -0.1) is 0 Å². The number of rotatable bonds is 4. The molecule has 0 N–H and O–H groups in total. The summed E-state index contributed by atoms with van der Waals surface area (Å²) < 4.78 is 1.65.